The number of rotatable bonds is 6. The molecular weight excluding hydrogens is 389 g/mol. The molecule has 2 aromatic rings. The molecule has 0 atom stereocenters. The van der Waals surface area contributed by atoms with Gasteiger partial charge in [0, 0.05) is 11.2 Å². The van der Waals surface area contributed by atoms with Gasteiger partial charge in [0.05, 0.1) is 17.9 Å². The molecule has 0 unspecified atom stereocenters. The first-order valence-corrected chi connectivity index (χ1v) is 8.01. The summed E-state index contributed by atoms with van der Waals surface area (Å²) in [6, 6.07) is 5.76. The number of alkyl halides is 3. The zero-order chi connectivity index (χ0) is 20.0. The molecular formula is C17H14ClF3N2O4. The number of amides is 1. The summed E-state index contributed by atoms with van der Waals surface area (Å²) in [7, 11) is 0. The van der Waals surface area contributed by atoms with Crippen molar-refractivity contribution >= 4 is 29.2 Å². The van der Waals surface area contributed by atoms with Gasteiger partial charge in [-0.3, -0.25) is 4.79 Å². The molecule has 0 saturated carbocycles. The van der Waals surface area contributed by atoms with Crippen LogP contribution in [0.3, 0.4) is 0 Å². The Hall–Kier alpha value is -2.81. The second-order valence-corrected chi connectivity index (χ2v) is 5.54. The van der Waals surface area contributed by atoms with Crippen molar-refractivity contribution in [3.63, 3.8) is 0 Å². The van der Waals surface area contributed by atoms with Crippen molar-refractivity contribution in [2.75, 3.05) is 18.5 Å². The Kier molecular flexibility index (Phi) is 6.62. The van der Waals surface area contributed by atoms with E-state index in [4.69, 9.17) is 21.1 Å². The zero-order valence-corrected chi connectivity index (χ0v) is 14.7. The van der Waals surface area contributed by atoms with E-state index in [1.165, 1.54) is 24.4 Å². The number of halogens is 4. The first-order chi connectivity index (χ1) is 12.7. The topological polar surface area (TPSA) is 77.5 Å². The number of hydrogen-bond acceptors (Lipinski definition) is 5. The highest BCUT2D eigenvalue weighted by Crippen LogP contribution is 2.36. The van der Waals surface area contributed by atoms with Gasteiger partial charge in [-0.05, 0) is 37.3 Å². The van der Waals surface area contributed by atoms with E-state index in [0.29, 0.717) is 6.07 Å². The third-order valence-electron chi connectivity index (χ3n) is 3.17. The lowest BCUT2D eigenvalue weighted by molar-refractivity contribution is -0.137. The van der Waals surface area contributed by atoms with E-state index in [1.807, 2.05) is 5.32 Å². The van der Waals surface area contributed by atoms with E-state index in [0.717, 1.165) is 6.07 Å². The Labute approximate surface area is 157 Å². The predicted octanol–water partition coefficient (Wildman–Crippen LogP) is 3.95. The molecule has 0 saturated heterocycles. The molecule has 10 heteroatoms. The van der Waals surface area contributed by atoms with Crippen molar-refractivity contribution in [2.24, 2.45) is 0 Å². The molecule has 1 aromatic heterocycles. The van der Waals surface area contributed by atoms with Crippen LogP contribution in [0.2, 0.25) is 5.02 Å². The lowest BCUT2D eigenvalue weighted by atomic mass is 10.1. The number of esters is 1. The quantitative estimate of drug-likeness (QED) is 0.740. The molecule has 2 rings (SSSR count). The first-order valence-electron chi connectivity index (χ1n) is 7.64. The number of aromatic nitrogens is 1. The lowest BCUT2D eigenvalue weighted by Crippen LogP contribution is -2.23. The number of carbonyl (C=O) groups excluding carboxylic acids is 2. The molecule has 1 amide bonds. The Bertz CT molecular complexity index is 843. The lowest BCUT2D eigenvalue weighted by Gasteiger charge is -2.14. The van der Waals surface area contributed by atoms with Gasteiger partial charge in [-0.2, -0.15) is 13.2 Å². The summed E-state index contributed by atoms with van der Waals surface area (Å²) in [6.07, 6.45) is -3.31. The molecule has 0 fully saturated rings. The van der Waals surface area contributed by atoms with E-state index in [2.05, 4.69) is 4.98 Å². The molecule has 27 heavy (non-hydrogen) atoms. The highest BCUT2D eigenvalue weighted by atomic mass is 35.5. The van der Waals surface area contributed by atoms with E-state index < -0.39 is 35.9 Å². The van der Waals surface area contributed by atoms with Crippen LogP contribution in [0.4, 0.5) is 18.9 Å². The van der Waals surface area contributed by atoms with Gasteiger partial charge in [-0.1, -0.05) is 11.6 Å². The Morgan fingerprint density at radius 3 is 2.67 bits per heavy atom. The van der Waals surface area contributed by atoms with Gasteiger partial charge in [0.1, 0.15) is 5.56 Å². The van der Waals surface area contributed by atoms with Gasteiger partial charge in [0.25, 0.3) is 5.91 Å². The molecule has 0 aliphatic carbocycles. The Balaban J connectivity index is 2.05. The summed E-state index contributed by atoms with van der Waals surface area (Å²) in [6.45, 7) is 1.16. The molecule has 0 bridgehead atoms. The summed E-state index contributed by atoms with van der Waals surface area (Å²) >= 11 is 5.57. The van der Waals surface area contributed by atoms with Crippen LogP contribution in [-0.2, 0) is 15.7 Å². The number of ether oxygens (including phenoxy) is 2. The number of hydrogen-bond donors (Lipinski definition) is 1. The molecule has 1 aromatic carbocycles. The predicted molar refractivity (Wildman–Crippen MR) is 90.8 cm³/mol. The van der Waals surface area contributed by atoms with Gasteiger partial charge in [-0.15, -0.1) is 0 Å². The zero-order valence-electron chi connectivity index (χ0n) is 14.0. The maximum absolute atomic E-state index is 13.0. The second-order valence-electron chi connectivity index (χ2n) is 5.10. The number of nitrogens with one attached hydrogen (secondary N) is 1. The standard InChI is InChI=1S/C17H14ClF3N2O4/c1-2-26-15-11(4-3-7-22-15)16(25)27-9-14(24)23-13-6-5-10(18)8-12(13)17(19,20)21/h3-8H,2,9H2,1H3,(H,23,24). The summed E-state index contributed by atoms with van der Waals surface area (Å²) in [4.78, 5) is 27.8. The van der Waals surface area contributed by atoms with Crippen LogP contribution in [-0.4, -0.2) is 30.1 Å². The minimum absolute atomic E-state index is 0.00498. The van der Waals surface area contributed by atoms with Crippen LogP contribution in [0.5, 0.6) is 5.88 Å². The molecule has 144 valence electrons. The van der Waals surface area contributed by atoms with Crippen LogP contribution < -0.4 is 10.1 Å². The van der Waals surface area contributed by atoms with Crippen molar-refractivity contribution in [3.05, 3.63) is 52.7 Å². The van der Waals surface area contributed by atoms with E-state index >= 15 is 0 Å². The third kappa shape index (κ3) is 5.58. The SMILES string of the molecule is CCOc1ncccc1C(=O)OCC(=O)Nc1ccc(Cl)cc1C(F)(F)F. The van der Waals surface area contributed by atoms with Gasteiger partial charge < -0.3 is 14.8 Å². The van der Waals surface area contributed by atoms with E-state index in [-0.39, 0.29) is 23.1 Å². The molecule has 0 aliphatic heterocycles. The molecule has 0 aliphatic rings. The number of carbonyl (C=O) groups is 2. The normalized spacial score (nSPS) is 11.0. The minimum atomic E-state index is -4.72. The maximum Gasteiger partial charge on any atom is 0.418 e. The maximum atomic E-state index is 13.0. The van der Waals surface area contributed by atoms with Gasteiger partial charge in [-0.25, -0.2) is 9.78 Å². The smallest absolute Gasteiger partial charge is 0.418 e. The summed E-state index contributed by atoms with van der Waals surface area (Å²) in [5.41, 5.74) is -1.61. The van der Waals surface area contributed by atoms with Gasteiger partial charge in [0.2, 0.25) is 5.88 Å². The van der Waals surface area contributed by atoms with Crippen LogP contribution in [0.25, 0.3) is 0 Å². The average Bonchev–Trinajstić information content (AvgIpc) is 2.61. The highest BCUT2D eigenvalue weighted by Gasteiger charge is 2.34. The Morgan fingerprint density at radius 2 is 2.00 bits per heavy atom. The number of pyridine rings is 1. The van der Waals surface area contributed by atoms with Gasteiger partial charge in [0.15, 0.2) is 6.61 Å². The van der Waals surface area contributed by atoms with Crippen LogP contribution in [0, 0.1) is 0 Å². The molecule has 6 nitrogen and oxygen atoms in total. The fraction of sp³-hybridized carbons (Fsp3) is 0.235. The molecule has 1 N–H and O–H groups in total. The number of benzene rings is 1. The van der Waals surface area contributed by atoms with E-state index in [9.17, 15) is 22.8 Å². The molecule has 0 spiro atoms. The van der Waals surface area contributed by atoms with Crippen LogP contribution in [0.15, 0.2) is 36.5 Å². The van der Waals surface area contributed by atoms with Crippen molar-refractivity contribution in [2.45, 2.75) is 13.1 Å². The highest BCUT2D eigenvalue weighted by molar-refractivity contribution is 6.30. The molecule has 0 radical (unpaired) electrons. The largest absolute Gasteiger partial charge is 0.477 e. The van der Waals surface area contributed by atoms with Crippen molar-refractivity contribution in [1.29, 1.82) is 0 Å². The number of anilines is 1. The van der Waals surface area contributed by atoms with Crippen molar-refractivity contribution in [3.8, 4) is 5.88 Å². The Morgan fingerprint density at radius 1 is 1.26 bits per heavy atom. The van der Waals surface area contributed by atoms with E-state index in [1.54, 1.807) is 6.92 Å². The van der Waals surface area contributed by atoms with Crippen LogP contribution in [0.1, 0.15) is 22.8 Å². The summed E-state index contributed by atoms with van der Waals surface area (Å²) < 4.78 is 49.0. The molecule has 1 heterocycles. The number of nitrogens with zero attached hydrogens (tertiary/aromatic N) is 1. The van der Waals surface area contributed by atoms with Crippen LogP contribution >= 0.6 is 11.6 Å². The fourth-order valence-electron chi connectivity index (χ4n) is 2.05. The summed E-state index contributed by atoms with van der Waals surface area (Å²) in [5, 5.41) is 1.92. The fourth-order valence-corrected chi connectivity index (χ4v) is 2.23. The third-order valence-corrected chi connectivity index (χ3v) is 3.40. The monoisotopic (exact) mass is 402 g/mol. The first kappa shape index (κ1) is 20.5. The van der Waals surface area contributed by atoms with Crippen molar-refractivity contribution < 1.29 is 32.2 Å². The van der Waals surface area contributed by atoms with Gasteiger partial charge >= 0.3 is 12.1 Å². The van der Waals surface area contributed by atoms with Crippen molar-refractivity contribution in [1.82, 2.24) is 4.98 Å². The second kappa shape index (κ2) is 8.72. The summed E-state index contributed by atoms with van der Waals surface area (Å²) in [5.74, 6) is -1.81. The average molecular weight is 403 g/mol. The minimum Gasteiger partial charge on any atom is -0.477 e.